The molecule has 0 heterocycles. The zero-order chi connectivity index (χ0) is 17.1. The Bertz CT molecular complexity index is 702. The number of hydrogen-bond donors (Lipinski definition) is 1. The highest BCUT2D eigenvalue weighted by Crippen LogP contribution is 2.51. The zero-order valence-electron chi connectivity index (χ0n) is 14.1. The normalized spacial score (nSPS) is 37.3. The molecule has 3 aliphatic carbocycles. The van der Waals surface area contributed by atoms with Crippen molar-refractivity contribution in [2.24, 2.45) is 17.8 Å². The Balaban J connectivity index is 2.21. The molecule has 0 saturated heterocycles. The monoisotopic (exact) mass is 312 g/mol. The third-order valence-electron chi connectivity index (χ3n) is 5.66. The van der Waals surface area contributed by atoms with Crippen LogP contribution in [-0.4, -0.2) is 22.3 Å². The summed E-state index contributed by atoms with van der Waals surface area (Å²) in [5.74, 6) is -0.318. The van der Waals surface area contributed by atoms with E-state index >= 15 is 0 Å². The largest absolute Gasteiger partial charge is 0.382 e. The van der Waals surface area contributed by atoms with Crippen LogP contribution in [0.5, 0.6) is 0 Å². The van der Waals surface area contributed by atoms with Crippen molar-refractivity contribution >= 4 is 11.6 Å². The number of aliphatic hydroxyl groups is 1. The number of fused-ring (bicyclic) bond motifs is 2. The van der Waals surface area contributed by atoms with Crippen molar-refractivity contribution in [3.63, 3.8) is 0 Å². The third-order valence-corrected chi connectivity index (χ3v) is 5.66. The summed E-state index contributed by atoms with van der Waals surface area (Å²) < 4.78 is 0. The second-order valence-corrected chi connectivity index (χ2v) is 7.56. The number of carbonyl (C=O) groups is 2. The summed E-state index contributed by atoms with van der Waals surface area (Å²) in [5.41, 5.74) is 2.25. The van der Waals surface area contributed by atoms with E-state index < -0.39 is 5.60 Å². The molecule has 0 spiro atoms. The van der Waals surface area contributed by atoms with E-state index in [-0.39, 0.29) is 35.7 Å². The minimum Gasteiger partial charge on any atom is -0.382 e. The fraction of sp³-hybridized carbons (Fsp3) is 0.500. The summed E-state index contributed by atoms with van der Waals surface area (Å²) in [6.07, 6.45) is 3.89. The highest BCUT2D eigenvalue weighted by Gasteiger charge is 2.51. The first-order valence-electron chi connectivity index (χ1n) is 8.21. The summed E-state index contributed by atoms with van der Waals surface area (Å²) in [7, 11) is 0. The Morgan fingerprint density at radius 1 is 1.39 bits per heavy atom. The Kier molecular flexibility index (Phi) is 3.60. The Morgan fingerprint density at radius 3 is 2.65 bits per heavy atom. The molecule has 0 aromatic heterocycles. The Hall–Kier alpha value is -1.74. The number of rotatable bonds is 1. The molecule has 0 aliphatic heterocycles. The summed E-state index contributed by atoms with van der Waals surface area (Å²) in [4.78, 5) is 25.5. The number of hydrogen-bond acceptors (Lipinski definition) is 3. The van der Waals surface area contributed by atoms with Crippen LogP contribution in [0.3, 0.4) is 0 Å². The fourth-order valence-electron chi connectivity index (χ4n) is 4.46. The molecule has 0 amide bonds. The molecule has 0 radical (unpaired) electrons. The smallest absolute Gasteiger partial charge is 0.191 e. The minimum absolute atomic E-state index is 0.0306. The van der Waals surface area contributed by atoms with Crippen LogP contribution in [0.4, 0.5) is 0 Å². The maximum atomic E-state index is 12.8. The minimum atomic E-state index is -1.47. The van der Waals surface area contributed by atoms with Gasteiger partial charge in [0, 0.05) is 23.5 Å². The van der Waals surface area contributed by atoms with Crippen LogP contribution >= 0.6 is 0 Å². The lowest BCUT2D eigenvalue weighted by molar-refractivity contribution is -0.130. The average Bonchev–Trinajstić information content (AvgIpc) is 2.62. The quantitative estimate of drug-likeness (QED) is 0.756. The van der Waals surface area contributed by atoms with E-state index in [0.29, 0.717) is 16.7 Å². The van der Waals surface area contributed by atoms with Crippen LogP contribution in [0.25, 0.3) is 0 Å². The highest BCUT2D eigenvalue weighted by molar-refractivity contribution is 6.19. The molecule has 3 aliphatic rings. The predicted octanol–water partition coefficient (Wildman–Crippen LogP) is 3.31. The van der Waals surface area contributed by atoms with Crippen molar-refractivity contribution in [1.82, 2.24) is 0 Å². The van der Waals surface area contributed by atoms with Gasteiger partial charge in [-0.25, -0.2) is 0 Å². The summed E-state index contributed by atoms with van der Waals surface area (Å²) >= 11 is 0. The molecular formula is C20H24O3. The summed E-state index contributed by atoms with van der Waals surface area (Å²) in [5, 5.41) is 10.4. The third kappa shape index (κ3) is 2.29. The van der Waals surface area contributed by atoms with Gasteiger partial charge < -0.3 is 5.11 Å². The fourth-order valence-corrected chi connectivity index (χ4v) is 4.46. The molecule has 4 atom stereocenters. The summed E-state index contributed by atoms with van der Waals surface area (Å²) in [6, 6.07) is 0. The van der Waals surface area contributed by atoms with Crippen LogP contribution in [0, 0.1) is 17.8 Å². The van der Waals surface area contributed by atoms with Crippen LogP contribution in [0.15, 0.2) is 47.1 Å². The van der Waals surface area contributed by atoms with Crippen molar-refractivity contribution in [2.45, 2.75) is 45.6 Å². The van der Waals surface area contributed by atoms with E-state index in [4.69, 9.17) is 0 Å². The van der Waals surface area contributed by atoms with Crippen LogP contribution in [0.2, 0.25) is 0 Å². The van der Waals surface area contributed by atoms with E-state index in [1.54, 1.807) is 6.92 Å². The maximum Gasteiger partial charge on any atom is 0.191 e. The van der Waals surface area contributed by atoms with Gasteiger partial charge in [0.2, 0.25) is 0 Å². The lowest BCUT2D eigenvalue weighted by Gasteiger charge is -2.39. The predicted molar refractivity (Wildman–Crippen MR) is 89.7 cm³/mol. The molecule has 3 rings (SSSR count). The molecule has 1 unspecified atom stereocenters. The number of Topliss-reactive ketones (excluding diaryl/α,β-unsaturated/α-hetero) is 2. The lowest BCUT2D eigenvalue weighted by Crippen LogP contribution is -2.37. The van der Waals surface area contributed by atoms with Crippen LogP contribution in [-0.2, 0) is 9.59 Å². The molecule has 23 heavy (non-hydrogen) atoms. The van der Waals surface area contributed by atoms with E-state index in [0.717, 1.165) is 24.0 Å². The first kappa shape index (κ1) is 16.1. The van der Waals surface area contributed by atoms with Crippen molar-refractivity contribution in [1.29, 1.82) is 0 Å². The van der Waals surface area contributed by atoms with Crippen LogP contribution in [0.1, 0.15) is 40.0 Å². The van der Waals surface area contributed by atoms with Gasteiger partial charge in [-0.3, -0.25) is 9.59 Å². The zero-order valence-corrected chi connectivity index (χ0v) is 14.1. The van der Waals surface area contributed by atoms with Gasteiger partial charge in [0.15, 0.2) is 11.6 Å². The van der Waals surface area contributed by atoms with Crippen molar-refractivity contribution in [3.8, 4) is 0 Å². The molecule has 1 N–H and O–H groups in total. The molecule has 1 fully saturated rings. The van der Waals surface area contributed by atoms with Gasteiger partial charge in [0.1, 0.15) is 5.60 Å². The first-order valence-corrected chi connectivity index (χ1v) is 8.21. The number of ketones is 2. The molecule has 0 aromatic rings. The van der Waals surface area contributed by atoms with Gasteiger partial charge in [-0.2, -0.15) is 0 Å². The molecule has 0 bridgehead atoms. The van der Waals surface area contributed by atoms with Gasteiger partial charge in [-0.05, 0) is 51.0 Å². The van der Waals surface area contributed by atoms with Gasteiger partial charge in [-0.15, -0.1) is 0 Å². The maximum absolute atomic E-state index is 12.8. The Labute approximate surface area is 137 Å². The van der Waals surface area contributed by atoms with E-state index in [1.165, 1.54) is 6.92 Å². The van der Waals surface area contributed by atoms with Gasteiger partial charge in [0.05, 0.1) is 0 Å². The second-order valence-electron chi connectivity index (χ2n) is 7.56. The topological polar surface area (TPSA) is 54.4 Å². The average molecular weight is 312 g/mol. The Morgan fingerprint density at radius 2 is 2.04 bits per heavy atom. The molecule has 1 saturated carbocycles. The van der Waals surface area contributed by atoms with Crippen LogP contribution < -0.4 is 0 Å². The number of allylic oxidation sites excluding steroid dienone is 4. The standard InChI is InChI=1S/C20H24O3/c1-10(2)13-7-6-11(3)16-14(13)8-12(4)18(21)15-9-20(5,23)19(22)17(15)16/h8,13-14,16,23H,1,3,6-7,9H2,2,4-5H3/t13-,14-,16?,20+/m1/s1. The second kappa shape index (κ2) is 5.13. The van der Waals surface area contributed by atoms with Crippen molar-refractivity contribution in [2.75, 3.05) is 0 Å². The molecule has 3 nitrogen and oxygen atoms in total. The number of carbonyl (C=O) groups excluding carboxylic acids is 2. The van der Waals surface area contributed by atoms with Gasteiger partial charge in [0.25, 0.3) is 0 Å². The van der Waals surface area contributed by atoms with E-state index in [1.807, 2.05) is 13.0 Å². The lowest BCUT2D eigenvalue weighted by atomic mass is 9.64. The highest BCUT2D eigenvalue weighted by atomic mass is 16.3. The first-order chi connectivity index (χ1) is 10.6. The molecule has 122 valence electrons. The summed E-state index contributed by atoms with van der Waals surface area (Å²) in [6.45, 7) is 13.6. The van der Waals surface area contributed by atoms with E-state index in [9.17, 15) is 14.7 Å². The molecule has 0 aromatic carbocycles. The SMILES string of the molecule is C=C1CC[C@H](C(=C)C)[C@H]2C=C(C)C(=O)C3=C(C(=O)[C@@](C)(O)C3)C12. The van der Waals surface area contributed by atoms with Gasteiger partial charge >= 0.3 is 0 Å². The van der Waals surface area contributed by atoms with Crippen molar-refractivity contribution < 1.29 is 14.7 Å². The van der Waals surface area contributed by atoms with E-state index in [2.05, 4.69) is 13.2 Å². The molecular weight excluding hydrogens is 288 g/mol. The van der Waals surface area contributed by atoms with Gasteiger partial charge in [-0.1, -0.05) is 30.4 Å². The molecule has 3 heteroatoms. The van der Waals surface area contributed by atoms with Crippen molar-refractivity contribution in [3.05, 3.63) is 47.1 Å².